The Morgan fingerprint density at radius 2 is 2.27 bits per heavy atom. The van der Waals surface area contributed by atoms with E-state index < -0.39 is 0 Å². The van der Waals surface area contributed by atoms with E-state index in [1.165, 1.54) is 0 Å². The summed E-state index contributed by atoms with van der Waals surface area (Å²) in [5.41, 5.74) is 6.89. The molecule has 0 saturated carbocycles. The van der Waals surface area contributed by atoms with Gasteiger partial charge >= 0.3 is 0 Å². The second-order valence-electron chi connectivity index (χ2n) is 4.99. The van der Waals surface area contributed by atoms with Crippen LogP contribution in [-0.4, -0.2) is 31.4 Å². The van der Waals surface area contributed by atoms with Crippen molar-refractivity contribution in [3.05, 3.63) is 36.4 Å². The first-order valence-electron chi connectivity index (χ1n) is 7.15. The summed E-state index contributed by atoms with van der Waals surface area (Å²) >= 11 is 0. The number of fused-ring (bicyclic) bond motifs is 1. The molecule has 0 bridgehead atoms. The van der Waals surface area contributed by atoms with Crippen LogP contribution >= 0.6 is 0 Å². The van der Waals surface area contributed by atoms with E-state index in [2.05, 4.69) is 27.2 Å². The van der Waals surface area contributed by atoms with Gasteiger partial charge in [0, 0.05) is 13.0 Å². The first-order valence-corrected chi connectivity index (χ1v) is 7.15. The minimum Gasteiger partial charge on any atom is -0.454 e. The fourth-order valence-electron chi connectivity index (χ4n) is 2.30. The van der Waals surface area contributed by atoms with Crippen LogP contribution in [0.2, 0.25) is 0 Å². The third-order valence-corrected chi connectivity index (χ3v) is 3.34. The van der Waals surface area contributed by atoms with Crippen molar-refractivity contribution in [2.45, 2.75) is 19.0 Å². The Hall–Kier alpha value is -2.70. The van der Waals surface area contributed by atoms with Crippen LogP contribution in [0.4, 0.5) is 0 Å². The zero-order valence-corrected chi connectivity index (χ0v) is 12.2. The van der Waals surface area contributed by atoms with Gasteiger partial charge in [0.2, 0.25) is 6.79 Å². The van der Waals surface area contributed by atoms with Crippen LogP contribution in [0.15, 0.2) is 40.8 Å². The highest BCUT2D eigenvalue weighted by molar-refractivity contribution is 5.99. The number of nitrogens with one attached hydrogen (secondary N) is 2. The van der Waals surface area contributed by atoms with Gasteiger partial charge < -0.3 is 20.5 Å². The highest BCUT2D eigenvalue weighted by Crippen LogP contribution is 2.32. The predicted molar refractivity (Wildman–Crippen MR) is 85.1 cm³/mol. The van der Waals surface area contributed by atoms with Gasteiger partial charge in [-0.05, 0) is 24.1 Å². The summed E-state index contributed by atoms with van der Waals surface area (Å²) in [6.45, 7) is 4.62. The van der Waals surface area contributed by atoms with E-state index in [1.54, 1.807) is 6.08 Å². The molecular formula is C15H19N5O2. The summed E-state index contributed by atoms with van der Waals surface area (Å²) in [4.78, 5) is 8.70. The Balaban J connectivity index is 1.58. The van der Waals surface area contributed by atoms with Crippen molar-refractivity contribution in [3.63, 3.8) is 0 Å². The Labute approximate surface area is 128 Å². The van der Waals surface area contributed by atoms with Gasteiger partial charge in [-0.3, -0.25) is 10.3 Å². The average molecular weight is 301 g/mol. The molecule has 4 N–H and O–H groups in total. The van der Waals surface area contributed by atoms with Crippen LogP contribution in [0.5, 0.6) is 11.5 Å². The second kappa shape index (κ2) is 6.38. The smallest absolute Gasteiger partial charge is 0.231 e. The summed E-state index contributed by atoms with van der Waals surface area (Å²) in [5, 5.41) is 6.09. The van der Waals surface area contributed by atoms with E-state index in [0.717, 1.165) is 23.5 Å². The molecule has 1 aromatic carbocycles. The van der Waals surface area contributed by atoms with Crippen LogP contribution in [0, 0.1) is 0 Å². The lowest BCUT2D eigenvalue weighted by molar-refractivity contribution is 0.174. The van der Waals surface area contributed by atoms with Crippen LogP contribution in [0.1, 0.15) is 12.0 Å². The summed E-state index contributed by atoms with van der Waals surface area (Å²) in [7, 11) is 0. The molecule has 1 unspecified atom stereocenters. The van der Waals surface area contributed by atoms with Crippen molar-refractivity contribution in [1.82, 2.24) is 10.6 Å². The maximum atomic E-state index is 5.74. The Bertz CT molecular complexity index is 626. The molecular weight excluding hydrogens is 282 g/mol. The fraction of sp³-hybridized carbons (Fsp3) is 0.333. The lowest BCUT2D eigenvalue weighted by atomic mass is 10.1. The third-order valence-electron chi connectivity index (χ3n) is 3.34. The molecule has 1 atom stereocenters. The minimum atomic E-state index is -0.108. The average Bonchev–Trinajstić information content (AvgIpc) is 2.94. The van der Waals surface area contributed by atoms with Crippen molar-refractivity contribution >= 4 is 11.9 Å². The van der Waals surface area contributed by atoms with Gasteiger partial charge in [-0.1, -0.05) is 12.1 Å². The van der Waals surface area contributed by atoms with Crippen LogP contribution in [0.25, 0.3) is 0 Å². The Morgan fingerprint density at radius 3 is 3.14 bits per heavy atom. The van der Waals surface area contributed by atoms with Crippen LogP contribution < -0.4 is 25.8 Å². The van der Waals surface area contributed by atoms with Gasteiger partial charge in [-0.2, -0.15) is 0 Å². The topological polar surface area (TPSA) is 93.3 Å². The number of benzene rings is 1. The number of hydrogen-bond acceptors (Lipinski definition) is 5. The summed E-state index contributed by atoms with van der Waals surface area (Å²) in [6.07, 6.45) is 3.18. The molecule has 2 aliphatic rings. The molecule has 2 aliphatic heterocycles. The SMILES string of the molecule is C=CCC1N=C(N)NC(=NCCc2ccc3c(c2)OCO3)N1. The first kappa shape index (κ1) is 14.2. The van der Waals surface area contributed by atoms with E-state index in [1.807, 2.05) is 18.2 Å². The van der Waals surface area contributed by atoms with Crippen LogP contribution in [0.3, 0.4) is 0 Å². The molecule has 1 aromatic rings. The van der Waals surface area contributed by atoms with Gasteiger partial charge in [0.15, 0.2) is 23.4 Å². The van der Waals surface area contributed by atoms with Gasteiger partial charge in [-0.15, -0.1) is 6.58 Å². The van der Waals surface area contributed by atoms with Gasteiger partial charge in [0.1, 0.15) is 6.17 Å². The quantitative estimate of drug-likeness (QED) is 0.697. The lowest BCUT2D eigenvalue weighted by Crippen LogP contribution is -2.53. The number of nitrogens with zero attached hydrogens (tertiary/aromatic N) is 2. The van der Waals surface area contributed by atoms with Crippen molar-refractivity contribution in [1.29, 1.82) is 0 Å². The van der Waals surface area contributed by atoms with E-state index in [9.17, 15) is 0 Å². The monoisotopic (exact) mass is 301 g/mol. The third kappa shape index (κ3) is 3.30. The minimum absolute atomic E-state index is 0.108. The van der Waals surface area contributed by atoms with Gasteiger partial charge in [0.05, 0.1) is 0 Å². The number of hydrogen-bond donors (Lipinski definition) is 3. The number of rotatable bonds is 5. The van der Waals surface area contributed by atoms with Crippen molar-refractivity contribution in [2.24, 2.45) is 15.7 Å². The fourth-order valence-corrected chi connectivity index (χ4v) is 2.30. The standard InChI is InChI=1S/C15H19N5O2/c1-2-3-13-18-14(16)20-15(19-13)17-7-6-10-4-5-11-12(8-10)22-9-21-11/h2,4-5,8,13H,1,3,6-7,9H2,(H4,16,17,18,19,20). The van der Waals surface area contributed by atoms with Crippen molar-refractivity contribution in [2.75, 3.05) is 13.3 Å². The van der Waals surface area contributed by atoms with E-state index in [4.69, 9.17) is 15.2 Å². The highest BCUT2D eigenvalue weighted by atomic mass is 16.7. The van der Waals surface area contributed by atoms with Gasteiger partial charge in [0.25, 0.3) is 0 Å². The molecule has 0 aliphatic carbocycles. The number of guanidine groups is 2. The Kier molecular flexibility index (Phi) is 4.13. The predicted octanol–water partition coefficient (Wildman–Crippen LogP) is 0.723. The summed E-state index contributed by atoms with van der Waals surface area (Å²) < 4.78 is 10.7. The molecule has 0 fully saturated rings. The normalized spacial score (nSPS) is 21.0. The molecule has 7 heteroatoms. The molecule has 22 heavy (non-hydrogen) atoms. The van der Waals surface area contributed by atoms with E-state index in [0.29, 0.717) is 24.9 Å². The van der Waals surface area contributed by atoms with Gasteiger partial charge in [-0.25, -0.2) is 4.99 Å². The largest absolute Gasteiger partial charge is 0.454 e. The Morgan fingerprint density at radius 1 is 1.41 bits per heavy atom. The van der Waals surface area contributed by atoms with Crippen molar-refractivity contribution < 1.29 is 9.47 Å². The molecule has 116 valence electrons. The molecule has 0 amide bonds. The number of aliphatic imine (C=N–C) groups is 2. The molecule has 0 saturated heterocycles. The highest BCUT2D eigenvalue weighted by Gasteiger charge is 2.15. The maximum Gasteiger partial charge on any atom is 0.231 e. The van der Waals surface area contributed by atoms with E-state index >= 15 is 0 Å². The summed E-state index contributed by atoms with van der Waals surface area (Å²) in [6, 6.07) is 5.93. The molecule has 0 spiro atoms. The summed E-state index contributed by atoms with van der Waals surface area (Å²) in [5.74, 6) is 2.59. The number of nitrogens with two attached hydrogens (primary N) is 1. The molecule has 7 nitrogen and oxygen atoms in total. The second-order valence-corrected chi connectivity index (χ2v) is 4.99. The zero-order valence-electron chi connectivity index (χ0n) is 12.2. The number of ether oxygens (including phenoxy) is 2. The van der Waals surface area contributed by atoms with Crippen LogP contribution in [-0.2, 0) is 6.42 Å². The lowest BCUT2D eigenvalue weighted by Gasteiger charge is -2.22. The first-order chi connectivity index (χ1) is 10.7. The zero-order chi connectivity index (χ0) is 15.4. The molecule has 2 heterocycles. The molecule has 0 aromatic heterocycles. The maximum absolute atomic E-state index is 5.74. The molecule has 3 rings (SSSR count). The molecule has 0 radical (unpaired) electrons. The van der Waals surface area contributed by atoms with Crippen molar-refractivity contribution in [3.8, 4) is 11.5 Å². The van der Waals surface area contributed by atoms with E-state index in [-0.39, 0.29) is 13.0 Å².